The molecule has 0 aromatic heterocycles. The molecular formula is C16H25NO. The molecule has 1 fully saturated rings. The first-order valence-electron chi connectivity index (χ1n) is 7.10. The zero-order chi connectivity index (χ0) is 13.0. The molecule has 2 heteroatoms. The molecule has 1 saturated carbocycles. The maximum Gasteiger partial charge on any atom is 0.118 e. The van der Waals surface area contributed by atoms with Crippen LogP contribution in [0.25, 0.3) is 0 Å². The van der Waals surface area contributed by atoms with Gasteiger partial charge in [-0.15, -0.1) is 0 Å². The standard InChI is InChI=1S/C16H25NO/c1-12(14-6-4-5-7-14)17-13(2)15-8-10-16(18-3)11-9-15/h8-14,17H,4-7H2,1-3H3/t12?,13-/m1/s1. The Bertz CT molecular complexity index is 354. The lowest BCUT2D eigenvalue weighted by molar-refractivity contribution is 0.352. The minimum absolute atomic E-state index is 0.409. The molecular weight excluding hydrogens is 222 g/mol. The smallest absolute Gasteiger partial charge is 0.118 e. The SMILES string of the molecule is COc1ccc([C@@H](C)NC(C)C2CCCC2)cc1. The highest BCUT2D eigenvalue weighted by molar-refractivity contribution is 5.28. The van der Waals surface area contributed by atoms with Crippen molar-refractivity contribution in [3.63, 3.8) is 0 Å². The molecule has 2 atom stereocenters. The summed E-state index contributed by atoms with van der Waals surface area (Å²) in [7, 11) is 1.71. The molecule has 0 heterocycles. The lowest BCUT2D eigenvalue weighted by Crippen LogP contribution is -2.34. The van der Waals surface area contributed by atoms with Crippen molar-refractivity contribution in [3.8, 4) is 5.75 Å². The van der Waals surface area contributed by atoms with Gasteiger partial charge < -0.3 is 10.1 Å². The van der Waals surface area contributed by atoms with Crippen molar-refractivity contribution < 1.29 is 4.74 Å². The Balaban J connectivity index is 1.91. The van der Waals surface area contributed by atoms with Gasteiger partial charge in [-0.25, -0.2) is 0 Å². The average molecular weight is 247 g/mol. The van der Waals surface area contributed by atoms with E-state index in [1.807, 2.05) is 12.1 Å². The summed E-state index contributed by atoms with van der Waals surface area (Å²) in [4.78, 5) is 0. The summed E-state index contributed by atoms with van der Waals surface area (Å²) in [5.41, 5.74) is 1.33. The Labute approximate surface area is 111 Å². The van der Waals surface area contributed by atoms with E-state index in [0.29, 0.717) is 12.1 Å². The van der Waals surface area contributed by atoms with Gasteiger partial charge in [0.1, 0.15) is 5.75 Å². The Morgan fingerprint density at radius 2 is 1.72 bits per heavy atom. The molecule has 1 aromatic rings. The minimum atomic E-state index is 0.409. The highest BCUT2D eigenvalue weighted by atomic mass is 16.5. The van der Waals surface area contributed by atoms with E-state index in [-0.39, 0.29) is 0 Å². The predicted molar refractivity (Wildman–Crippen MR) is 76.0 cm³/mol. The molecule has 2 nitrogen and oxygen atoms in total. The lowest BCUT2D eigenvalue weighted by atomic mass is 9.98. The van der Waals surface area contributed by atoms with Crippen LogP contribution in [0.4, 0.5) is 0 Å². The second-order valence-corrected chi connectivity index (χ2v) is 5.49. The highest BCUT2D eigenvalue weighted by Crippen LogP contribution is 2.29. The van der Waals surface area contributed by atoms with Crippen LogP contribution in [0.1, 0.15) is 51.1 Å². The number of hydrogen-bond donors (Lipinski definition) is 1. The van der Waals surface area contributed by atoms with Crippen LogP contribution in [0, 0.1) is 5.92 Å². The molecule has 0 bridgehead atoms. The third-order valence-electron chi connectivity index (χ3n) is 4.24. The molecule has 1 aromatic carbocycles. The number of methoxy groups -OCH3 is 1. The zero-order valence-electron chi connectivity index (χ0n) is 11.8. The number of benzene rings is 1. The Morgan fingerprint density at radius 1 is 1.11 bits per heavy atom. The average Bonchev–Trinajstić information content (AvgIpc) is 2.92. The highest BCUT2D eigenvalue weighted by Gasteiger charge is 2.22. The largest absolute Gasteiger partial charge is 0.497 e. The molecule has 100 valence electrons. The van der Waals surface area contributed by atoms with Gasteiger partial charge in [0.25, 0.3) is 0 Å². The molecule has 1 unspecified atom stereocenters. The van der Waals surface area contributed by atoms with Crippen molar-refractivity contribution >= 4 is 0 Å². The monoisotopic (exact) mass is 247 g/mol. The van der Waals surface area contributed by atoms with Gasteiger partial charge >= 0.3 is 0 Å². The third kappa shape index (κ3) is 3.26. The molecule has 0 aliphatic heterocycles. The van der Waals surface area contributed by atoms with Crippen LogP contribution < -0.4 is 10.1 Å². The van der Waals surface area contributed by atoms with Crippen LogP contribution in [0.15, 0.2) is 24.3 Å². The molecule has 1 N–H and O–H groups in total. The summed E-state index contributed by atoms with van der Waals surface area (Å²) in [6.45, 7) is 4.57. The third-order valence-corrected chi connectivity index (χ3v) is 4.24. The van der Waals surface area contributed by atoms with E-state index in [9.17, 15) is 0 Å². The first-order valence-corrected chi connectivity index (χ1v) is 7.10. The number of nitrogens with one attached hydrogen (secondary N) is 1. The maximum atomic E-state index is 5.19. The van der Waals surface area contributed by atoms with Gasteiger partial charge in [-0.1, -0.05) is 25.0 Å². The molecule has 0 radical (unpaired) electrons. The van der Waals surface area contributed by atoms with Gasteiger partial charge in [0, 0.05) is 12.1 Å². The molecule has 0 spiro atoms. The number of rotatable bonds is 5. The van der Waals surface area contributed by atoms with E-state index >= 15 is 0 Å². The fourth-order valence-electron chi connectivity index (χ4n) is 2.98. The van der Waals surface area contributed by atoms with E-state index in [0.717, 1.165) is 11.7 Å². The summed E-state index contributed by atoms with van der Waals surface area (Å²) < 4.78 is 5.19. The molecule has 18 heavy (non-hydrogen) atoms. The normalized spacial score (nSPS) is 19.7. The van der Waals surface area contributed by atoms with Gasteiger partial charge in [-0.05, 0) is 50.3 Å². The van der Waals surface area contributed by atoms with Crippen molar-refractivity contribution in [2.75, 3.05) is 7.11 Å². The quantitative estimate of drug-likeness (QED) is 0.851. The second-order valence-electron chi connectivity index (χ2n) is 5.49. The van der Waals surface area contributed by atoms with Crippen LogP contribution in [0.3, 0.4) is 0 Å². The van der Waals surface area contributed by atoms with Crippen LogP contribution in [-0.4, -0.2) is 13.2 Å². The van der Waals surface area contributed by atoms with Crippen LogP contribution in [-0.2, 0) is 0 Å². The van der Waals surface area contributed by atoms with Crippen LogP contribution >= 0.6 is 0 Å². The fourth-order valence-corrected chi connectivity index (χ4v) is 2.98. The predicted octanol–water partition coefficient (Wildman–Crippen LogP) is 3.92. The topological polar surface area (TPSA) is 21.3 Å². The van der Waals surface area contributed by atoms with Crippen molar-refractivity contribution in [1.82, 2.24) is 5.32 Å². The van der Waals surface area contributed by atoms with Crippen molar-refractivity contribution in [2.24, 2.45) is 5.92 Å². The van der Waals surface area contributed by atoms with Crippen molar-refractivity contribution in [3.05, 3.63) is 29.8 Å². The maximum absolute atomic E-state index is 5.19. The van der Waals surface area contributed by atoms with E-state index in [1.54, 1.807) is 7.11 Å². The Kier molecular flexibility index (Phi) is 4.65. The molecule has 0 amide bonds. The zero-order valence-corrected chi connectivity index (χ0v) is 11.8. The van der Waals surface area contributed by atoms with Gasteiger partial charge in [0.2, 0.25) is 0 Å². The summed E-state index contributed by atoms with van der Waals surface area (Å²) in [6, 6.07) is 9.40. The molecule has 1 aliphatic rings. The first-order chi connectivity index (χ1) is 8.70. The van der Waals surface area contributed by atoms with Gasteiger partial charge in [0.15, 0.2) is 0 Å². The summed E-state index contributed by atoms with van der Waals surface area (Å²) in [6.07, 6.45) is 5.61. The number of ether oxygens (including phenoxy) is 1. The summed E-state index contributed by atoms with van der Waals surface area (Å²) in [5, 5.41) is 3.73. The summed E-state index contributed by atoms with van der Waals surface area (Å²) in [5.74, 6) is 1.79. The molecule has 0 saturated heterocycles. The van der Waals surface area contributed by atoms with E-state index in [2.05, 4.69) is 31.3 Å². The molecule has 2 rings (SSSR count). The van der Waals surface area contributed by atoms with Gasteiger partial charge in [0.05, 0.1) is 7.11 Å². The number of hydrogen-bond acceptors (Lipinski definition) is 2. The Hall–Kier alpha value is -1.02. The van der Waals surface area contributed by atoms with Gasteiger partial charge in [-0.2, -0.15) is 0 Å². The lowest BCUT2D eigenvalue weighted by Gasteiger charge is -2.25. The van der Waals surface area contributed by atoms with Crippen molar-refractivity contribution in [1.29, 1.82) is 0 Å². The van der Waals surface area contributed by atoms with Crippen LogP contribution in [0.2, 0.25) is 0 Å². The first kappa shape index (κ1) is 13.4. The van der Waals surface area contributed by atoms with E-state index < -0.39 is 0 Å². The minimum Gasteiger partial charge on any atom is -0.497 e. The van der Waals surface area contributed by atoms with Crippen molar-refractivity contribution in [2.45, 2.75) is 51.6 Å². The fraction of sp³-hybridized carbons (Fsp3) is 0.625. The Morgan fingerprint density at radius 3 is 2.28 bits per heavy atom. The molecule has 1 aliphatic carbocycles. The van der Waals surface area contributed by atoms with Gasteiger partial charge in [-0.3, -0.25) is 0 Å². The second kappa shape index (κ2) is 6.24. The van der Waals surface area contributed by atoms with E-state index in [4.69, 9.17) is 4.74 Å². The summed E-state index contributed by atoms with van der Waals surface area (Å²) >= 11 is 0. The van der Waals surface area contributed by atoms with Crippen LogP contribution in [0.5, 0.6) is 5.75 Å². The van der Waals surface area contributed by atoms with E-state index in [1.165, 1.54) is 31.2 Å².